The molecule has 1 N–H and O–H groups in total. The van der Waals surface area contributed by atoms with Crippen molar-refractivity contribution in [2.75, 3.05) is 0 Å². The van der Waals surface area contributed by atoms with E-state index in [2.05, 4.69) is 13.0 Å². The summed E-state index contributed by atoms with van der Waals surface area (Å²) in [7, 11) is 0. The standard InChI is InChI=1S/C18H35NO/c1-2-3-4-5-6-7-8-9-10-11-12-15-18(20)16-13-14-17-19/h18,20H,2-16H2,1H3. The van der Waals surface area contributed by atoms with Gasteiger partial charge in [-0.05, 0) is 19.3 Å². The lowest BCUT2D eigenvalue weighted by atomic mass is 10.0. The normalized spacial score (nSPS) is 12.2. The maximum Gasteiger partial charge on any atom is 0.0621 e. The zero-order valence-electron chi connectivity index (χ0n) is 13.6. The number of nitrogens with zero attached hydrogens (tertiary/aromatic N) is 1. The van der Waals surface area contributed by atoms with Crippen LogP contribution in [0.4, 0.5) is 0 Å². The van der Waals surface area contributed by atoms with E-state index >= 15 is 0 Å². The van der Waals surface area contributed by atoms with Crippen LogP contribution in [0.3, 0.4) is 0 Å². The van der Waals surface area contributed by atoms with E-state index in [1.165, 1.54) is 64.2 Å². The second-order valence-electron chi connectivity index (χ2n) is 6.03. The molecule has 0 aliphatic carbocycles. The van der Waals surface area contributed by atoms with Crippen LogP contribution in [-0.4, -0.2) is 11.2 Å². The van der Waals surface area contributed by atoms with Gasteiger partial charge in [-0.25, -0.2) is 0 Å². The number of aliphatic hydroxyl groups excluding tert-OH is 1. The summed E-state index contributed by atoms with van der Waals surface area (Å²) < 4.78 is 0. The predicted octanol–water partition coefficient (Wildman–Crippen LogP) is 5.74. The monoisotopic (exact) mass is 281 g/mol. The highest BCUT2D eigenvalue weighted by molar-refractivity contribution is 4.69. The zero-order valence-corrected chi connectivity index (χ0v) is 13.6. The predicted molar refractivity (Wildman–Crippen MR) is 86.5 cm³/mol. The Labute approximate surface area is 126 Å². The summed E-state index contributed by atoms with van der Waals surface area (Å²) in [5.41, 5.74) is 0. The third kappa shape index (κ3) is 15.5. The van der Waals surface area contributed by atoms with Crippen LogP contribution in [-0.2, 0) is 0 Å². The van der Waals surface area contributed by atoms with Crippen molar-refractivity contribution in [3.63, 3.8) is 0 Å². The van der Waals surface area contributed by atoms with Gasteiger partial charge in [-0.2, -0.15) is 5.26 Å². The first-order valence-corrected chi connectivity index (χ1v) is 8.86. The molecule has 0 radical (unpaired) electrons. The van der Waals surface area contributed by atoms with E-state index in [0.717, 1.165) is 25.7 Å². The summed E-state index contributed by atoms with van der Waals surface area (Å²) in [5.74, 6) is 0. The van der Waals surface area contributed by atoms with Crippen molar-refractivity contribution in [3.05, 3.63) is 0 Å². The second kappa shape index (κ2) is 16.5. The van der Waals surface area contributed by atoms with Crippen LogP contribution in [0.1, 0.15) is 103 Å². The Morgan fingerprint density at radius 2 is 1.20 bits per heavy atom. The lowest BCUT2D eigenvalue weighted by molar-refractivity contribution is 0.148. The quantitative estimate of drug-likeness (QED) is 0.389. The van der Waals surface area contributed by atoms with E-state index in [1.807, 2.05) is 0 Å². The number of rotatable bonds is 15. The van der Waals surface area contributed by atoms with E-state index in [-0.39, 0.29) is 6.10 Å². The maximum atomic E-state index is 9.71. The molecule has 2 nitrogen and oxygen atoms in total. The van der Waals surface area contributed by atoms with Crippen LogP contribution in [0.2, 0.25) is 0 Å². The van der Waals surface area contributed by atoms with Crippen LogP contribution in [0.25, 0.3) is 0 Å². The molecule has 20 heavy (non-hydrogen) atoms. The molecule has 0 heterocycles. The smallest absolute Gasteiger partial charge is 0.0621 e. The topological polar surface area (TPSA) is 44.0 Å². The molecule has 0 saturated heterocycles. The van der Waals surface area contributed by atoms with Gasteiger partial charge in [0.1, 0.15) is 0 Å². The molecule has 0 saturated carbocycles. The fourth-order valence-corrected chi connectivity index (χ4v) is 2.61. The Kier molecular flexibility index (Phi) is 16.1. The molecule has 0 aliphatic heterocycles. The summed E-state index contributed by atoms with van der Waals surface area (Å²) in [5, 5.41) is 18.1. The number of hydrogen-bond acceptors (Lipinski definition) is 2. The Bertz CT molecular complexity index is 222. The highest BCUT2D eigenvalue weighted by atomic mass is 16.3. The van der Waals surface area contributed by atoms with E-state index in [4.69, 9.17) is 5.26 Å². The van der Waals surface area contributed by atoms with Gasteiger partial charge < -0.3 is 5.11 Å². The van der Waals surface area contributed by atoms with Crippen molar-refractivity contribution in [3.8, 4) is 6.07 Å². The van der Waals surface area contributed by atoms with Gasteiger partial charge in [0, 0.05) is 6.42 Å². The summed E-state index contributed by atoms with van der Waals surface area (Å²) in [6, 6.07) is 2.12. The minimum atomic E-state index is -0.179. The molecule has 0 aromatic rings. The Morgan fingerprint density at radius 1 is 0.750 bits per heavy atom. The molecule has 1 unspecified atom stereocenters. The molecule has 0 aromatic heterocycles. The third-order valence-electron chi connectivity index (χ3n) is 3.97. The van der Waals surface area contributed by atoms with Gasteiger partial charge in [0.05, 0.1) is 12.2 Å². The van der Waals surface area contributed by atoms with Crippen molar-refractivity contribution < 1.29 is 5.11 Å². The molecule has 0 fully saturated rings. The van der Waals surface area contributed by atoms with Crippen molar-refractivity contribution in [2.45, 2.75) is 109 Å². The first kappa shape index (κ1) is 19.4. The Morgan fingerprint density at radius 3 is 1.70 bits per heavy atom. The molecular formula is C18H35NO. The third-order valence-corrected chi connectivity index (χ3v) is 3.97. The van der Waals surface area contributed by atoms with E-state index in [9.17, 15) is 5.11 Å². The Balaban J connectivity index is 3.07. The molecule has 118 valence electrons. The fourth-order valence-electron chi connectivity index (χ4n) is 2.61. The number of unbranched alkanes of at least 4 members (excludes halogenated alkanes) is 11. The minimum Gasteiger partial charge on any atom is -0.393 e. The van der Waals surface area contributed by atoms with Gasteiger partial charge in [0.2, 0.25) is 0 Å². The van der Waals surface area contributed by atoms with Gasteiger partial charge in [-0.3, -0.25) is 0 Å². The van der Waals surface area contributed by atoms with Gasteiger partial charge in [0.15, 0.2) is 0 Å². The van der Waals surface area contributed by atoms with Crippen LogP contribution in [0, 0.1) is 11.3 Å². The van der Waals surface area contributed by atoms with E-state index in [1.54, 1.807) is 0 Å². The van der Waals surface area contributed by atoms with Crippen molar-refractivity contribution in [1.82, 2.24) is 0 Å². The van der Waals surface area contributed by atoms with E-state index in [0.29, 0.717) is 6.42 Å². The first-order valence-electron chi connectivity index (χ1n) is 8.86. The molecular weight excluding hydrogens is 246 g/mol. The Hall–Kier alpha value is -0.550. The molecule has 0 bridgehead atoms. The van der Waals surface area contributed by atoms with Gasteiger partial charge >= 0.3 is 0 Å². The van der Waals surface area contributed by atoms with Gasteiger partial charge in [-0.1, -0.05) is 77.6 Å². The zero-order chi connectivity index (χ0) is 14.9. The summed E-state index contributed by atoms with van der Waals surface area (Å²) >= 11 is 0. The maximum absolute atomic E-state index is 9.71. The second-order valence-corrected chi connectivity index (χ2v) is 6.03. The molecule has 1 atom stereocenters. The molecule has 2 heteroatoms. The van der Waals surface area contributed by atoms with Crippen LogP contribution >= 0.6 is 0 Å². The molecule has 0 rings (SSSR count). The lowest BCUT2D eigenvalue weighted by Crippen LogP contribution is -2.05. The number of nitriles is 1. The molecule has 0 spiro atoms. The highest BCUT2D eigenvalue weighted by Crippen LogP contribution is 2.13. The number of hydrogen-bond donors (Lipinski definition) is 1. The van der Waals surface area contributed by atoms with E-state index < -0.39 is 0 Å². The SMILES string of the molecule is CCCCCCCCCCCCCC(O)CCCC#N. The number of aliphatic hydroxyl groups is 1. The van der Waals surface area contributed by atoms with Crippen LogP contribution in [0.15, 0.2) is 0 Å². The fraction of sp³-hybridized carbons (Fsp3) is 0.944. The molecule has 0 aliphatic rings. The highest BCUT2D eigenvalue weighted by Gasteiger charge is 2.03. The van der Waals surface area contributed by atoms with Crippen molar-refractivity contribution in [1.29, 1.82) is 5.26 Å². The lowest BCUT2D eigenvalue weighted by Gasteiger charge is -2.08. The molecule has 0 aromatic carbocycles. The minimum absolute atomic E-state index is 0.179. The van der Waals surface area contributed by atoms with Crippen LogP contribution < -0.4 is 0 Å². The molecule has 0 amide bonds. The summed E-state index contributed by atoms with van der Waals surface area (Å²) in [6.45, 7) is 2.26. The summed E-state index contributed by atoms with van der Waals surface area (Å²) in [6.07, 6.45) is 17.8. The first-order chi connectivity index (χ1) is 9.81. The van der Waals surface area contributed by atoms with Crippen LogP contribution in [0.5, 0.6) is 0 Å². The summed E-state index contributed by atoms with van der Waals surface area (Å²) in [4.78, 5) is 0. The van der Waals surface area contributed by atoms with Crippen molar-refractivity contribution >= 4 is 0 Å². The van der Waals surface area contributed by atoms with Gasteiger partial charge in [0.25, 0.3) is 0 Å². The van der Waals surface area contributed by atoms with Crippen molar-refractivity contribution in [2.24, 2.45) is 0 Å². The average Bonchev–Trinajstić information content (AvgIpc) is 2.45. The average molecular weight is 281 g/mol. The largest absolute Gasteiger partial charge is 0.393 e. The van der Waals surface area contributed by atoms with Gasteiger partial charge in [-0.15, -0.1) is 0 Å².